The molecule has 2 aromatic rings. The van der Waals surface area contributed by atoms with Gasteiger partial charge in [0.2, 0.25) is 0 Å². The summed E-state index contributed by atoms with van der Waals surface area (Å²) in [5, 5.41) is 15.2. The Balaban J connectivity index is 1.67. The average molecular weight is 335 g/mol. The fraction of sp³-hybridized carbons (Fsp3) is 0.250. The van der Waals surface area contributed by atoms with Crippen molar-refractivity contribution in [1.82, 2.24) is 10.3 Å². The summed E-state index contributed by atoms with van der Waals surface area (Å²) in [6.45, 7) is 0.111. The van der Waals surface area contributed by atoms with E-state index in [-0.39, 0.29) is 24.5 Å². The van der Waals surface area contributed by atoms with Crippen LogP contribution < -0.4 is 5.32 Å². The lowest BCUT2D eigenvalue weighted by Gasteiger charge is -2.11. The zero-order valence-corrected chi connectivity index (χ0v) is 13.3. The molecule has 0 fully saturated rings. The number of aliphatic hydroxyl groups is 1. The highest BCUT2D eigenvalue weighted by Crippen LogP contribution is 2.25. The van der Waals surface area contributed by atoms with Crippen molar-refractivity contribution in [2.45, 2.75) is 12.5 Å². The number of thiazole rings is 1. The molecule has 0 spiro atoms. The van der Waals surface area contributed by atoms with Crippen LogP contribution in [0.4, 0.5) is 0 Å². The van der Waals surface area contributed by atoms with Gasteiger partial charge >= 0.3 is 0 Å². The first kappa shape index (κ1) is 15.2. The van der Waals surface area contributed by atoms with Crippen LogP contribution in [0.1, 0.15) is 16.9 Å². The number of rotatable bonds is 4. The molecule has 114 valence electrons. The number of hydrogen-bond donors (Lipinski definition) is 2. The Bertz CT molecular complexity index is 696. The second kappa shape index (κ2) is 6.60. The Kier molecular flexibility index (Phi) is 4.57. The summed E-state index contributed by atoms with van der Waals surface area (Å²) in [6.07, 6.45) is 4.59. The van der Waals surface area contributed by atoms with Crippen LogP contribution in [-0.4, -0.2) is 28.6 Å². The molecule has 22 heavy (non-hydrogen) atoms. The van der Waals surface area contributed by atoms with E-state index in [2.05, 4.69) is 10.3 Å². The van der Waals surface area contributed by atoms with Crippen LogP contribution in [0.2, 0.25) is 5.02 Å². The Labute approximate surface area is 137 Å². The number of halogens is 1. The smallest absolute Gasteiger partial charge is 0.271 e. The predicted molar refractivity (Wildman–Crippen MR) is 88.1 cm³/mol. The SMILES string of the molecule is O=C(N[C@@H]1C=C[C@H](CO)C1)c1csc(-c2ccc(Cl)cc2)n1. The van der Waals surface area contributed by atoms with E-state index in [0.717, 1.165) is 17.0 Å². The number of aliphatic hydroxyl groups excluding tert-OH is 1. The molecule has 0 unspecified atom stereocenters. The van der Waals surface area contributed by atoms with Crippen LogP contribution in [-0.2, 0) is 0 Å². The monoisotopic (exact) mass is 334 g/mol. The van der Waals surface area contributed by atoms with E-state index in [1.165, 1.54) is 11.3 Å². The molecule has 0 radical (unpaired) electrons. The maximum atomic E-state index is 12.2. The summed E-state index contributed by atoms with van der Waals surface area (Å²) in [5.41, 5.74) is 1.35. The summed E-state index contributed by atoms with van der Waals surface area (Å²) >= 11 is 7.30. The summed E-state index contributed by atoms with van der Waals surface area (Å²) in [6, 6.07) is 7.33. The van der Waals surface area contributed by atoms with Crippen LogP contribution in [0.5, 0.6) is 0 Å². The van der Waals surface area contributed by atoms with Crippen molar-refractivity contribution in [3.63, 3.8) is 0 Å². The summed E-state index contributed by atoms with van der Waals surface area (Å²) in [5.74, 6) is -0.0601. The van der Waals surface area contributed by atoms with Gasteiger partial charge in [-0.3, -0.25) is 4.79 Å². The Morgan fingerprint density at radius 2 is 2.14 bits per heavy atom. The molecule has 1 aliphatic rings. The van der Waals surface area contributed by atoms with Gasteiger partial charge in [0.1, 0.15) is 10.7 Å². The first-order valence-corrected chi connectivity index (χ1v) is 8.23. The molecule has 3 rings (SSSR count). The number of carbonyl (C=O) groups excluding carboxylic acids is 1. The van der Waals surface area contributed by atoms with Gasteiger partial charge in [0.05, 0.1) is 0 Å². The standard InChI is InChI=1S/C16H15ClN2O2S/c17-12-4-2-11(3-5-12)16-19-14(9-22-16)15(21)18-13-6-1-10(7-13)8-20/h1-6,9-10,13,20H,7-8H2,(H,18,21)/t10-,13+/m0/s1. The highest BCUT2D eigenvalue weighted by Gasteiger charge is 2.21. The second-order valence-electron chi connectivity index (χ2n) is 5.19. The van der Waals surface area contributed by atoms with Crippen molar-refractivity contribution < 1.29 is 9.90 Å². The highest BCUT2D eigenvalue weighted by molar-refractivity contribution is 7.13. The maximum absolute atomic E-state index is 12.2. The molecular formula is C16H15ClN2O2S. The molecule has 6 heteroatoms. The number of aromatic nitrogens is 1. The van der Waals surface area contributed by atoms with Crippen LogP contribution in [0.3, 0.4) is 0 Å². The number of nitrogens with zero attached hydrogens (tertiary/aromatic N) is 1. The third kappa shape index (κ3) is 3.38. The van der Waals surface area contributed by atoms with E-state index in [0.29, 0.717) is 10.7 Å². The van der Waals surface area contributed by atoms with Gasteiger partial charge in [-0.1, -0.05) is 35.9 Å². The molecule has 1 aromatic heterocycles. The molecule has 0 saturated carbocycles. The fourth-order valence-corrected chi connectivity index (χ4v) is 3.29. The van der Waals surface area contributed by atoms with Gasteiger partial charge < -0.3 is 10.4 Å². The third-order valence-electron chi connectivity index (χ3n) is 3.55. The van der Waals surface area contributed by atoms with Crippen LogP contribution in [0, 0.1) is 5.92 Å². The van der Waals surface area contributed by atoms with Gasteiger partial charge in [-0.15, -0.1) is 11.3 Å². The number of amides is 1. The Hall–Kier alpha value is -1.69. The normalized spacial score (nSPS) is 20.3. The second-order valence-corrected chi connectivity index (χ2v) is 6.48. The molecule has 1 aromatic carbocycles. The molecule has 2 atom stereocenters. The predicted octanol–water partition coefficient (Wildman–Crippen LogP) is 3.13. The Morgan fingerprint density at radius 1 is 1.36 bits per heavy atom. The van der Waals surface area contributed by atoms with Gasteiger partial charge in [-0.25, -0.2) is 4.98 Å². The average Bonchev–Trinajstić information content (AvgIpc) is 3.17. The van der Waals surface area contributed by atoms with Crippen molar-refractivity contribution >= 4 is 28.8 Å². The number of benzene rings is 1. The van der Waals surface area contributed by atoms with E-state index in [9.17, 15) is 4.79 Å². The topological polar surface area (TPSA) is 62.2 Å². The van der Waals surface area contributed by atoms with E-state index in [1.54, 1.807) is 17.5 Å². The molecule has 1 aliphatic carbocycles. The van der Waals surface area contributed by atoms with Gasteiger partial charge in [-0.05, 0) is 18.6 Å². The first-order chi connectivity index (χ1) is 10.7. The van der Waals surface area contributed by atoms with Crippen molar-refractivity contribution in [2.75, 3.05) is 6.61 Å². The molecule has 1 amide bonds. The van der Waals surface area contributed by atoms with Crippen LogP contribution >= 0.6 is 22.9 Å². The lowest BCUT2D eigenvalue weighted by Crippen LogP contribution is -2.33. The molecule has 0 aliphatic heterocycles. The van der Waals surface area contributed by atoms with Crippen LogP contribution in [0.25, 0.3) is 10.6 Å². The van der Waals surface area contributed by atoms with E-state index in [1.807, 2.05) is 24.3 Å². The zero-order chi connectivity index (χ0) is 15.5. The van der Waals surface area contributed by atoms with Gasteiger partial charge in [0.25, 0.3) is 5.91 Å². The maximum Gasteiger partial charge on any atom is 0.271 e. The number of carbonyl (C=O) groups is 1. The van der Waals surface area contributed by atoms with Crippen molar-refractivity contribution in [2.24, 2.45) is 5.92 Å². The molecule has 0 saturated heterocycles. The largest absolute Gasteiger partial charge is 0.396 e. The number of hydrogen-bond acceptors (Lipinski definition) is 4. The summed E-state index contributed by atoms with van der Waals surface area (Å²) in [4.78, 5) is 16.6. The van der Waals surface area contributed by atoms with Gasteiger partial charge in [0.15, 0.2) is 0 Å². The minimum absolute atomic E-state index is 0.0367. The fourth-order valence-electron chi connectivity index (χ4n) is 2.36. The zero-order valence-electron chi connectivity index (χ0n) is 11.7. The minimum Gasteiger partial charge on any atom is -0.396 e. The van der Waals surface area contributed by atoms with Crippen molar-refractivity contribution in [3.8, 4) is 10.6 Å². The van der Waals surface area contributed by atoms with Gasteiger partial charge in [0, 0.05) is 34.5 Å². The summed E-state index contributed by atoms with van der Waals surface area (Å²) < 4.78 is 0. The quantitative estimate of drug-likeness (QED) is 0.844. The molecule has 1 heterocycles. The van der Waals surface area contributed by atoms with Crippen molar-refractivity contribution in [3.05, 3.63) is 52.5 Å². The lowest BCUT2D eigenvalue weighted by atomic mass is 10.1. The summed E-state index contributed by atoms with van der Waals surface area (Å²) in [7, 11) is 0. The minimum atomic E-state index is -0.190. The van der Waals surface area contributed by atoms with E-state index < -0.39 is 0 Å². The molecular weight excluding hydrogens is 320 g/mol. The van der Waals surface area contributed by atoms with Gasteiger partial charge in [-0.2, -0.15) is 0 Å². The first-order valence-electron chi connectivity index (χ1n) is 6.97. The Morgan fingerprint density at radius 3 is 2.82 bits per heavy atom. The highest BCUT2D eigenvalue weighted by atomic mass is 35.5. The van der Waals surface area contributed by atoms with E-state index in [4.69, 9.17) is 16.7 Å². The molecule has 2 N–H and O–H groups in total. The van der Waals surface area contributed by atoms with Crippen molar-refractivity contribution in [1.29, 1.82) is 0 Å². The molecule has 4 nitrogen and oxygen atoms in total. The van der Waals surface area contributed by atoms with Crippen LogP contribution in [0.15, 0.2) is 41.8 Å². The van der Waals surface area contributed by atoms with E-state index >= 15 is 0 Å². The third-order valence-corrected chi connectivity index (χ3v) is 4.69. The lowest BCUT2D eigenvalue weighted by molar-refractivity contribution is 0.0937. The molecule has 0 bridgehead atoms. The number of nitrogens with one attached hydrogen (secondary N) is 1.